The van der Waals surface area contributed by atoms with Gasteiger partial charge < -0.3 is 14.7 Å². The van der Waals surface area contributed by atoms with E-state index in [9.17, 15) is 14.4 Å². The third-order valence-corrected chi connectivity index (χ3v) is 7.19. The van der Waals surface area contributed by atoms with Crippen LogP contribution in [0.2, 0.25) is 0 Å². The number of likely N-dealkylation sites (tertiary alicyclic amines) is 3. The van der Waals surface area contributed by atoms with Crippen molar-refractivity contribution in [3.8, 4) is 0 Å². The molecule has 0 radical (unpaired) electrons. The van der Waals surface area contributed by atoms with Crippen molar-refractivity contribution in [2.75, 3.05) is 39.3 Å². The van der Waals surface area contributed by atoms with Crippen molar-refractivity contribution in [3.05, 3.63) is 35.4 Å². The SMILES string of the molecule is Cc1ccccc1CC(=O)N1C[C@@H]2CN(C(=O)C(C)C)C[C@]2(C(=O)N2CCCC2)C1. The van der Waals surface area contributed by atoms with Gasteiger partial charge in [0.05, 0.1) is 11.8 Å². The molecule has 30 heavy (non-hydrogen) atoms. The van der Waals surface area contributed by atoms with Crippen LogP contribution in [0.1, 0.15) is 37.8 Å². The van der Waals surface area contributed by atoms with E-state index in [0.29, 0.717) is 32.6 Å². The van der Waals surface area contributed by atoms with Crippen LogP contribution in [0.5, 0.6) is 0 Å². The van der Waals surface area contributed by atoms with Crippen LogP contribution >= 0.6 is 0 Å². The molecule has 3 amide bonds. The quantitative estimate of drug-likeness (QED) is 0.762. The maximum atomic E-state index is 13.6. The highest BCUT2D eigenvalue weighted by Gasteiger charge is 2.60. The van der Waals surface area contributed by atoms with Crippen molar-refractivity contribution in [3.63, 3.8) is 0 Å². The highest BCUT2D eigenvalue weighted by Crippen LogP contribution is 2.45. The minimum Gasteiger partial charge on any atom is -0.342 e. The van der Waals surface area contributed by atoms with E-state index in [1.54, 1.807) is 0 Å². The van der Waals surface area contributed by atoms with Gasteiger partial charge in [-0.05, 0) is 30.9 Å². The molecule has 2 atom stereocenters. The summed E-state index contributed by atoms with van der Waals surface area (Å²) in [5.41, 5.74) is 1.51. The Balaban J connectivity index is 1.55. The predicted octanol–water partition coefficient (Wildman–Crippen LogP) is 2.10. The Labute approximate surface area is 179 Å². The average molecular weight is 412 g/mol. The normalized spacial score (nSPS) is 25.9. The molecular weight excluding hydrogens is 378 g/mol. The van der Waals surface area contributed by atoms with Crippen molar-refractivity contribution >= 4 is 17.7 Å². The van der Waals surface area contributed by atoms with Crippen molar-refractivity contribution < 1.29 is 14.4 Å². The van der Waals surface area contributed by atoms with Gasteiger partial charge in [-0.25, -0.2) is 0 Å². The largest absolute Gasteiger partial charge is 0.342 e. The molecule has 3 fully saturated rings. The summed E-state index contributed by atoms with van der Waals surface area (Å²) in [5, 5.41) is 0. The molecule has 0 spiro atoms. The van der Waals surface area contributed by atoms with E-state index >= 15 is 0 Å². The molecule has 0 N–H and O–H groups in total. The van der Waals surface area contributed by atoms with Crippen LogP contribution in [0.15, 0.2) is 24.3 Å². The van der Waals surface area contributed by atoms with Crippen LogP contribution in [-0.4, -0.2) is 71.7 Å². The summed E-state index contributed by atoms with van der Waals surface area (Å²) in [7, 11) is 0. The molecule has 6 nitrogen and oxygen atoms in total. The third-order valence-electron chi connectivity index (χ3n) is 7.19. The van der Waals surface area contributed by atoms with Crippen molar-refractivity contribution in [1.29, 1.82) is 0 Å². The van der Waals surface area contributed by atoms with Crippen molar-refractivity contribution in [1.82, 2.24) is 14.7 Å². The first-order chi connectivity index (χ1) is 14.3. The van der Waals surface area contributed by atoms with Gasteiger partial charge in [0, 0.05) is 51.1 Å². The van der Waals surface area contributed by atoms with Gasteiger partial charge in [-0.15, -0.1) is 0 Å². The Morgan fingerprint density at radius 3 is 2.30 bits per heavy atom. The zero-order valence-electron chi connectivity index (χ0n) is 18.4. The second-order valence-corrected chi connectivity index (χ2v) is 9.60. The van der Waals surface area contributed by atoms with Gasteiger partial charge >= 0.3 is 0 Å². The summed E-state index contributed by atoms with van der Waals surface area (Å²) in [4.78, 5) is 45.1. The van der Waals surface area contributed by atoms with E-state index < -0.39 is 5.41 Å². The smallest absolute Gasteiger partial charge is 0.232 e. The van der Waals surface area contributed by atoms with Gasteiger partial charge in [0.2, 0.25) is 17.7 Å². The number of amides is 3. The molecule has 1 aromatic carbocycles. The number of carbonyl (C=O) groups is 3. The Morgan fingerprint density at radius 2 is 1.63 bits per heavy atom. The Morgan fingerprint density at radius 1 is 1.00 bits per heavy atom. The summed E-state index contributed by atoms with van der Waals surface area (Å²) in [6.45, 7) is 9.43. The van der Waals surface area contributed by atoms with E-state index in [2.05, 4.69) is 0 Å². The second-order valence-electron chi connectivity index (χ2n) is 9.60. The number of benzene rings is 1. The number of aryl methyl sites for hydroxylation is 1. The minimum absolute atomic E-state index is 0.0223. The summed E-state index contributed by atoms with van der Waals surface area (Å²) in [5.74, 6) is 0.274. The minimum atomic E-state index is -0.643. The summed E-state index contributed by atoms with van der Waals surface area (Å²) < 4.78 is 0. The molecule has 3 aliphatic rings. The molecular formula is C24H33N3O3. The monoisotopic (exact) mass is 411 g/mol. The fourth-order valence-corrected chi connectivity index (χ4v) is 5.41. The molecule has 3 saturated heterocycles. The highest BCUT2D eigenvalue weighted by atomic mass is 16.2. The molecule has 6 heteroatoms. The number of fused-ring (bicyclic) bond motifs is 1. The van der Waals surface area contributed by atoms with Crippen LogP contribution in [0, 0.1) is 24.2 Å². The number of rotatable bonds is 4. The first-order valence-corrected chi connectivity index (χ1v) is 11.2. The zero-order valence-corrected chi connectivity index (χ0v) is 18.4. The maximum absolute atomic E-state index is 13.6. The van der Waals surface area contributed by atoms with Gasteiger partial charge in [-0.3, -0.25) is 14.4 Å². The third kappa shape index (κ3) is 3.61. The van der Waals surface area contributed by atoms with Crippen molar-refractivity contribution in [2.45, 2.75) is 40.0 Å². The van der Waals surface area contributed by atoms with E-state index in [1.807, 2.05) is 59.7 Å². The molecule has 162 valence electrons. The Bertz CT molecular complexity index is 846. The lowest BCUT2D eigenvalue weighted by molar-refractivity contribution is -0.142. The van der Waals surface area contributed by atoms with Crippen LogP contribution < -0.4 is 0 Å². The predicted molar refractivity (Wildman–Crippen MR) is 115 cm³/mol. The van der Waals surface area contributed by atoms with Crippen LogP contribution in [0.4, 0.5) is 0 Å². The molecule has 0 saturated carbocycles. The lowest BCUT2D eigenvalue weighted by atomic mass is 9.79. The van der Waals surface area contributed by atoms with E-state index in [4.69, 9.17) is 0 Å². The van der Waals surface area contributed by atoms with Gasteiger partial charge in [-0.1, -0.05) is 38.1 Å². The number of hydrogen-bond donors (Lipinski definition) is 0. The fraction of sp³-hybridized carbons (Fsp3) is 0.625. The molecule has 0 aromatic heterocycles. The van der Waals surface area contributed by atoms with E-state index in [-0.39, 0.29) is 29.6 Å². The molecule has 4 rings (SSSR count). The molecule has 3 aliphatic heterocycles. The van der Waals surface area contributed by atoms with Gasteiger partial charge in [0.15, 0.2) is 0 Å². The van der Waals surface area contributed by atoms with E-state index in [1.165, 1.54) is 0 Å². The molecule has 0 aliphatic carbocycles. The van der Waals surface area contributed by atoms with E-state index in [0.717, 1.165) is 37.1 Å². The lowest BCUT2D eigenvalue weighted by Gasteiger charge is -2.32. The van der Waals surface area contributed by atoms with Crippen molar-refractivity contribution in [2.24, 2.45) is 17.3 Å². The Hall–Kier alpha value is -2.37. The van der Waals surface area contributed by atoms with Crippen LogP contribution in [-0.2, 0) is 20.8 Å². The van der Waals surface area contributed by atoms with Crippen LogP contribution in [0.25, 0.3) is 0 Å². The summed E-state index contributed by atoms with van der Waals surface area (Å²) in [6.07, 6.45) is 2.44. The molecule has 3 heterocycles. The summed E-state index contributed by atoms with van der Waals surface area (Å²) in [6, 6.07) is 7.96. The number of carbonyl (C=O) groups excluding carboxylic acids is 3. The molecule has 0 bridgehead atoms. The second kappa shape index (κ2) is 8.05. The Kier molecular flexibility index (Phi) is 5.60. The molecule has 0 unspecified atom stereocenters. The fourth-order valence-electron chi connectivity index (χ4n) is 5.41. The van der Waals surface area contributed by atoms with Gasteiger partial charge in [-0.2, -0.15) is 0 Å². The first-order valence-electron chi connectivity index (χ1n) is 11.2. The number of hydrogen-bond acceptors (Lipinski definition) is 3. The molecule has 1 aromatic rings. The first kappa shape index (κ1) is 20.9. The highest BCUT2D eigenvalue weighted by molar-refractivity contribution is 5.89. The van der Waals surface area contributed by atoms with Gasteiger partial charge in [0.25, 0.3) is 0 Å². The zero-order chi connectivity index (χ0) is 21.5. The van der Waals surface area contributed by atoms with Gasteiger partial charge in [0.1, 0.15) is 0 Å². The lowest BCUT2D eigenvalue weighted by Crippen LogP contribution is -2.49. The topological polar surface area (TPSA) is 60.9 Å². The average Bonchev–Trinajstić information content (AvgIpc) is 3.43. The number of nitrogens with zero attached hydrogens (tertiary/aromatic N) is 3. The maximum Gasteiger partial charge on any atom is 0.232 e. The summed E-state index contributed by atoms with van der Waals surface area (Å²) >= 11 is 0. The van der Waals surface area contributed by atoms with Crippen LogP contribution in [0.3, 0.4) is 0 Å². The standard InChI is InChI=1S/C24H33N3O3/c1-17(2)22(29)27-14-20-13-26(21(28)12-19-9-5-4-8-18(19)3)15-24(20,16-27)23(30)25-10-6-7-11-25/h4-5,8-9,17,20H,6-7,10-16H2,1-3H3/t20-,24-/m1/s1.